The first kappa shape index (κ1) is 18.4. The lowest BCUT2D eigenvalue weighted by Gasteiger charge is -2.17. The highest BCUT2D eigenvalue weighted by Crippen LogP contribution is 2.07. The minimum Gasteiger partial charge on any atom is -0.480 e. The Morgan fingerprint density at radius 3 is 2.44 bits per heavy atom. The van der Waals surface area contributed by atoms with E-state index in [2.05, 4.69) is 10.3 Å². The zero-order valence-corrected chi connectivity index (χ0v) is 14.5. The van der Waals surface area contributed by atoms with Crippen LogP contribution in [0.2, 0.25) is 0 Å². The molecule has 2 aromatic rings. The van der Waals surface area contributed by atoms with Crippen molar-refractivity contribution in [3.63, 3.8) is 0 Å². The largest absolute Gasteiger partial charge is 0.480 e. The van der Waals surface area contributed by atoms with E-state index < -0.39 is 29.2 Å². The Bertz CT molecular complexity index is 936. The van der Waals surface area contributed by atoms with E-state index in [9.17, 15) is 19.2 Å². The third-order valence-corrected chi connectivity index (χ3v) is 4.05. The topological polar surface area (TPSA) is 128 Å². The molecule has 0 saturated heterocycles. The number of aromatic nitrogens is 4. The second-order valence-corrected chi connectivity index (χ2v) is 6.19. The van der Waals surface area contributed by atoms with E-state index >= 15 is 0 Å². The summed E-state index contributed by atoms with van der Waals surface area (Å²) in [5, 5.41) is 11.6. The zero-order valence-electron chi connectivity index (χ0n) is 14.5. The molecule has 0 aromatic carbocycles. The number of carbonyl (C=O) groups is 2. The number of rotatable bonds is 6. The molecular weight excluding hydrogens is 330 g/mol. The molecule has 0 saturated carbocycles. The standard InChI is InChI=1S/C15H21N5O5/c1-8(2)10(14(23)24)17-9(21)5-6-20-7-16-12-11(20)13(22)19(4)15(25)18(12)3/h7-8,10H,5-6H2,1-4H3,(H,17,21)(H,23,24)/t10-/m0/s1. The van der Waals surface area contributed by atoms with Gasteiger partial charge in [0.1, 0.15) is 6.04 Å². The first-order valence-electron chi connectivity index (χ1n) is 7.78. The fourth-order valence-corrected chi connectivity index (χ4v) is 2.55. The van der Waals surface area contributed by atoms with E-state index in [0.29, 0.717) is 0 Å². The van der Waals surface area contributed by atoms with Crippen LogP contribution in [0.3, 0.4) is 0 Å². The van der Waals surface area contributed by atoms with E-state index in [1.807, 2.05) is 0 Å². The van der Waals surface area contributed by atoms with E-state index in [4.69, 9.17) is 5.11 Å². The molecule has 10 heteroatoms. The first-order chi connectivity index (χ1) is 11.6. The number of nitrogens with zero attached hydrogens (tertiary/aromatic N) is 4. The Morgan fingerprint density at radius 2 is 1.88 bits per heavy atom. The van der Waals surface area contributed by atoms with Gasteiger partial charge in [0.15, 0.2) is 11.2 Å². The van der Waals surface area contributed by atoms with Crippen LogP contribution in [0, 0.1) is 5.92 Å². The highest BCUT2D eigenvalue weighted by atomic mass is 16.4. The monoisotopic (exact) mass is 351 g/mol. The van der Waals surface area contributed by atoms with Crippen LogP contribution in [0.5, 0.6) is 0 Å². The van der Waals surface area contributed by atoms with Crippen LogP contribution < -0.4 is 16.6 Å². The predicted octanol–water partition coefficient (Wildman–Crippen LogP) is -0.951. The van der Waals surface area contributed by atoms with Crippen LogP contribution in [-0.4, -0.2) is 41.7 Å². The molecule has 0 radical (unpaired) electrons. The molecule has 0 aliphatic rings. The van der Waals surface area contributed by atoms with Crippen LogP contribution in [0.15, 0.2) is 15.9 Å². The quantitative estimate of drug-likeness (QED) is 0.690. The average Bonchev–Trinajstić information content (AvgIpc) is 2.97. The zero-order chi connectivity index (χ0) is 18.9. The molecule has 10 nitrogen and oxygen atoms in total. The molecule has 0 bridgehead atoms. The van der Waals surface area contributed by atoms with Gasteiger partial charge in [-0.05, 0) is 5.92 Å². The summed E-state index contributed by atoms with van der Waals surface area (Å²) in [5.74, 6) is -1.79. The van der Waals surface area contributed by atoms with Gasteiger partial charge in [0.25, 0.3) is 5.56 Å². The molecule has 2 heterocycles. The lowest BCUT2D eigenvalue weighted by molar-refractivity contribution is -0.143. The smallest absolute Gasteiger partial charge is 0.332 e. The van der Waals surface area contributed by atoms with Crippen LogP contribution in [0.25, 0.3) is 11.2 Å². The van der Waals surface area contributed by atoms with Gasteiger partial charge in [-0.15, -0.1) is 0 Å². The number of carboxylic acids is 1. The lowest BCUT2D eigenvalue weighted by atomic mass is 10.0. The molecule has 0 unspecified atom stereocenters. The number of amides is 1. The summed E-state index contributed by atoms with van der Waals surface area (Å²) in [4.78, 5) is 51.4. The highest BCUT2D eigenvalue weighted by molar-refractivity contribution is 5.83. The maximum atomic E-state index is 12.3. The predicted molar refractivity (Wildman–Crippen MR) is 89.2 cm³/mol. The molecule has 136 valence electrons. The summed E-state index contributed by atoms with van der Waals surface area (Å²) in [6, 6.07) is -0.972. The average molecular weight is 351 g/mol. The summed E-state index contributed by atoms with van der Waals surface area (Å²) in [5.41, 5.74) is -0.529. The number of fused-ring (bicyclic) bond motifs is 1. The van der Waals surface area contributed by atoms with Crippen molar-refractivity contribution in [3.05, 3.63) is 27.2 Å². The second kappa shape index (κ2) is 6.91. The number of carboxylic acid groups (broad SMARTS) is 1. The number of hydrogen-bond donors (Lipinski definition) is 2. The van der Waals surface area contributed by atoms with Crippen molar-refractivity contribution < 1.29 is 14.7 Å². The van der Waals surface area contributed by atoms with Crippen molar-refractivity contribution in [1.82, 2.24) is 24.0 Å². The first-order valence-corrected chi connectivity index (χ1v) is 7.78. The molecule has 1 atom stereocenters. The summed E-state index contributed by atoms with van der Waals surface area (Å²) in [6.45, 7) is 3.54. The van der Waals surface area contributed by atoms with Gasteiger partial charge in [0.2, 0.25) is 5.91 Å². The van der Waals surface area contributed by atoms with Crippen molar-refractivity contribution in [1.29, 1.82) is 0 Å². The van der Waals surface area contributed by atoms with Gasteiger partial charge >= 0.3 is 11.7 Å². The Labute approximate surface area is 142 Å². The minimum absolute atomic E-state index is 0.0199. The highest BCUT2D eigenvalue weighted by Gasteiger charge is 2.23. The fraction of sp³-hybridized carbons (Fsp3) is 0.533. The van der Waals surface area contributed by atoms with Gasteiger partial charge in [-0.2, -0.15) is 0 Å². The number of carbonyl (C=O) groups excluding carboxylic acids is 1. The summed E-state index contributed by atoms with van der Waals surface area (Å²) >= 11 is 0. The molecule has 2 aromatic heterocycles. The molecule has 0 aliphatic heterocycles. The number of aryl methyl sites for hydroxylation is 2. The molecule has 0 aliphatic carbocycles. The van der Waals surface area contributed by atoms with Gasteiger partial charge in [-0.1, -0.05) is 13.8 Å². The van der Waals surface area contributed by atoms with Gasteiger partial charge in [0.05, 0.1) is 6.33 Å². The van der Waals surface area contributed by atoms with E-state index in [1.165, 1.54) is 29.6 Å². The molecule has 0 spiro atoms. The molecule has 1 amide bonds. The van der Waals surface area contributed by atoms with Crippen molar-refractivity contribution in [2.75, 3.05) is 0 Å². The maximum Gasteiger partial charge on any atom is 0.332 e. The lowest BCUT2D eigenvalue weighted by Crippen LogP contribution is -2.44. The van der Waals surface area contributed by atoms with Gasteiger partial charge in [0, 0.05) is 27.1 Å². The van der Waals surface area contributed by atoms with E-state index in [0.717, 1.165) is 4.57 Å². The Kier molecular flexibility index (Phi) is 5.10. The van der Waals surface area contributed by atoms with Crippen LogP contribution in [-0.2, 0) is 30.2 Å². The van der Waals surface area contributed by atoms with Crippen molar-refractivity contribution in [2.24, 2.45) is 20.0 Å². The van der Waals surface area contributed by atoms with Crippen LogP contribution >= 0.6 is 0 Å². The van der Waals surface area contributed by atoms with Crippen molar-refractivity contribution in [3.8, 4) is 0 Å². The number of nitrogens with one attached hydrogen (secondary N) is 1. The number of aliphatic carboxylic acids is 1. The third kappa shape index (κ3) is 3.47. The van der Waals surface area contributed by atoms with Gasteiger partial charge in [-0.25, -0.2) is 14.6 Å². The third-order valence-electron chi connectivity index (χ3n) is 4.05. The second-order valence-electron chi connectivity index (χ2n) is 6.19. The molecule has 25 heavy (non-hydrogen) atoms. The SMILES string of the molecule is CC(C)[C@H](NC(=O)CCn1cnc2c1c(=O)n(C)c(=O)n2C)C(=O)O. The number of hydrogen-bond acceptors (Lipinski definition) is 5. The Morgan fingerprint density at radius 1 is 1.24 bits per heavy atom. The summed E-state index contributed by atoms with van der Waals surface area (Å²) < 4.78 is 3.72. The molecule has 0 fully saturated rings. The van der Waals surface area contributed by atoms with Gasteiger partial charge < -0.3 is 15.0 Å². The van der Waals surface area contributed by atoms with E-state index in [-0.39, 0.29) is 30.0 Å². The summed E-state index contributed by atoms with van der Waals surface area (Å²) in [6.07, 6.45) is 1.36. The summed E-state index contributed by atoms with van der Waals surface area (Å²) in [7, 11) is 2.88. The molecule has 2 N–H and O–H groups in total. The van der Waals surface area contributed by atoms with E-state index in [1.54, 1.807) is 13.8 Å². The van der Waals surface area contributed by atoms with Crippen molar-refractivity contribution >= 4 is 23.0 Å². The van der Waals surface area contributed by atoms with Gasteiger partial charge in [-0.3, -0.25) is 18.7 Å². The maximum absolute atomic E-state index is 12.3. The molecular formula is C15H21N5O5. The molecule has 2 rings (SSSR count). The Hall–Kier alpha value is -2.91. The Balaban J connectivity index is 2.22. The van der Waals surface area contributed by atoms with Crippen molar-refractivity contribution in [2.45, 2.75) is 32.9 Å². The normalized spacial score (nSPS) is 12.5. The van der Waals surface area contributed by atoms with Crippen LogP contribution in [0.4, 0.5) is 0 Å². The fourth-order valence-electron chi connectivity index (χ4n) is 2.55. The van der Waals surface area contributed by atoms with Crippen LogP contribution in [0.1, 0.15) is 20.3 Å². The minimum atomic E-state index is -1.10. The number of imidazole rings is 1.